The van der Waals surface area contributed by atoms with Crippen molar-refractivity contribution in [3.8, 4) is 17.1 Å². The number of aryl methyl sites for hydroxylation is 1. The lowest BCUT2D eigenvalue weighted by Crippen LogP contribution is -2.24. The first-order chi connectivity index (χ1) is 8.78. The van der Waals surface area contributed by atoms with Gasteiger partial charge in [0, 0.05) is 17.5 Å². The van der Waals surface area contributed by atoms with Crippen molar-refractivity contribution in [1.82, 2.24) is 9.55 Å². The molecule has 1 aromatic carbocycles. The Morgan fingerprint density at radius 1 is 1.33 bits per heavy atom. The van der Waals surface area contributed by atoms with Crippen molar-refractivity contribution in [1.29, 1.82) is 0 Å². The summed E-state index contributed by atoms with van der Waals surface area (Å²) in [5.41, 5.74) is 2.25. The highest BCUT2D eigenvalue weighted by molar-refractivity contribution is 5.57. The molecule has 2 heterocycles. The number of aliphatic hydroxyl groups excluding tert-OH is 1. The first kappa shape index (κ1) is 11.3. The van der Waals surface area contributed by atoms with E-state index in [2.05, 4.69) is 9.55 Å². The summed E-state index contributed by atoms with van der Waals surface area (Å²) >= 11 is 0. The molecule has 0 saturated heterocycles. The van der Waals surface area contributed by atoms with Crippen LogP contribution in [0.4, 0.5) is 0 Å². The number of rotatable bonds is 2. The van der Waals surface area contributed by atoms with Gasteiger partial charge in [-0.3, -0.25) is 0 Å². The molecule has 2 aromatic rings. The number of imidazole rings is 1. The molecule has 0 aliphatic carbocycles. The van der Waals surface area contributed by atoms with Crippen LogP contribution < -0.4 is 4.74 Å². The van der Waals surface area contributed by atoms with Gasteiger partial charge in [0.05, 0.1) is 19.8 Å². The average Bonchev–Trinajstić information content (AvgIpc) is 2.82. The van der Waals surface area contributed by atoms with E-state index < -0.39 is 0 Å². The molecular formula is C14H16N2O2. The zero-order valence-corrected chi connectivity index (χ0v) is 10.3. The van der Waals surface area contributed by atoms with Crippen LogP contribution in [-0.2, 0) is 13.0 Å². The molecule has 0 spiro atoms. The fraction of sp³-hybridized carbons (Fsp3) is 0.357. The van der Waals surface area contributed by atoms with Gasteiger partial charge in [-0.1, -0.05) is 0 Å². The summed E-state index contributed by atoms with van der Waals surface area (Å²) in [4.78, 5) is 4.47. The minimum absolute atomic E-state index is 0.260. The fourth-order valence-electron chi connectivity index (χ4n) is 2.40. The summed E-state index contributed by atoms with van der Waals surface area (Å²) in [5, 5.41) is 9.76. The lowest BCUT2D eigenvalue weighted by Gasteiger charge is -2.21. The standard InChI is InChI=1S/C14H16N2O2/c1-18-13-6-2-10(3-7-13)14-15-8-11-4-5-12(17)9-16(11)14/h2-3,6-8,12,17H,4-5,9H2,1H3. The molecular weight excluding hydrogens is 228 g/mol. The first-order valence-corrected chi connectivity index (χ1v) is 6.15. The number of hydrogen-bond donors (Lipinski definition) is 1. The van der Waals surface area contributed by atoms with E-state index in [4.69, 9.17) is 4.74 Å². The van der Waals surface area contributed by atoms with Crippen LogP contribution in [0.15, 0.2) is 30.5 Å². The average molecular weight is 244 g/mol. The van der Waals surface area contributed by atoms with Crippen molar-refractivity contribution in [2.75, 3.05) is 7.11 Å². The van der Waals surface area contributed by atoms with Gasteiger partial charge in [0.25, 0.3) is 0 Å². The van der Waals surface area contributed by atoms with Crippen molar-refractivity contribution < 1.29 is 9.84 Å². The molecule has 3 rings (SSSR count). The van der Waals surface area contributed by atoms with Crippen LogP contribution in [0.5, 0.6) is 5.75 Å². The minimum Gasteiger partial charge on any atom is -0.497 e. The third-order valence-corrected chi connectivity index (χ3v) is 3.41. The highest BCUT2D eigenvalue weighted by Crippen LogP contribution is 2.26. The summed E-state index contributed by atoms with van der Waals surface area (Å²) in [6.45, 7) is 0.636. The molecule has 18 heavy (non-hydrogen) atoms. The van der Waals surface area contributed by atoms with Crippen LogP contribution in [0.3, 0.4) is 0 Å². The second kappa shape index (κ2) is 4.46. The second-order valence-electron chi connectivity index (χ2n) is 4.60. The van der Waals surface area contributed by atoms with Crippen LogP contribution in [0, 0.1) is 0 Å². The van der Waals surface area contributed by atoms with E-state index in [1.54, 1.807) is 7.11 Å². The van der Waals surface area contributed by atoms with E-state index in [9.17, 15) is 5.11 Å². The molecule has 0 saturated carbocycles. The highest BCUT2D eigenvalue weighted by atomic mass is 16.5. The topological polar surface area (TPSA) is 47.3 Å². The molecule has 94 valence electrons. The maximum Gasteiger partial charge on any atom is 0.140 e. The van der Waals surface area contributed by atoms with Crippen molar-refractivity contribution in [2.45, 2.75) is 25.5 Å². The third kappa shape index (κ3) is 1.88. The number of ether oxygens (including phenoxy) is 1. The summed E-state index contributed by atoms with van der Waals surface area (Å²) in [7, 11) is 1.66. The summed E-state index contributed by atoms with van der Waals surface area (Å²) in [6.07, 6.45) is 3.37. The molecule has 1 N–H and O–H groups in total. The molecule has 1 aliphatic heterocycles. The van der Waals surface area contributed by atoms with Crippen LogP contribution in [-0.4, -0.2) is 27.9 Å². The Morgan fingerprint density at radius 3 is 2.83 bits per heavy atom. The Morgan fingerprint density at radius 2 is 2.11 bits per heavy atom. The monoisotopic (exact) mass is 244 g/mol. The molecule has 0 radical (unpaired) electrons. The van der Waals surface area contributed by atoms with Gasteiger partial charge >= 0.3 is 0 Å². The van der Waals surface area contributed by atoms with E-state index in [0.717, 1.165) is 30.0 Å². The molecule has 1 aromatic heterocycles. The van der Waals surface area contributed by atoms with Gasteiger partial charge in [0.15, 0.2) is 0 Å². The van der Waals surface area contributed by atoms with Gasteiger partial charge in [-0.15, -0.1) is 0 Å². The normalized spacial score (nSPS) is 18.4. The molecule has 0 fully saturated rings. The summed E-state index contributed by atoms with van der Waals surface area (Å²) < 4.78 is 7.26. The summed E-state index contributed by atoms with van der Waals surface area (Å²) in [6, 6.07) is 7.84. The van der Waals surface area contributed by atoms with Crippen molar-refractivity contribution in [3.63, 3.8) is 0 Å². The number of hydrogen-bond acceptors (Lipinski definition) is 3. The van der Waals surface area contributed by atoms with Gasteiger partial charge < -0.3 is 14.4 Å². The maximum atomic E-state index is 9.76. The fourth-order valence-corrected chi connectivity index (χ4v) is 2.40. The number of nitrogens with zero attached hydrogens (tertiary/aromatic N) is 2. The van der Waals surface area contributed by atoms with E-state index in [0.29, 0.717) is 6.54 Å². The van der Waals surface area contributed by atoms with Gasteiger partial charge in [0.1, 0.15) is 11.6 Å². The van der Waals surface area contributed by atoms with Crippen molar-refractivity contribution >= 4 is 0 Å². The largest absolute Gasteiger partial charge is 0.497 e. The molecule has 0 amide bonds. The number of methoxy groups -OCH3 is 1. The number of aromatic nitrogens is 2. The van der Waals surface area contributed by atoms with Crippen molar-refractivity contribution in [3.05, 3.63) is 36.2 Å². The first-order valence-electron chi connectivity index (χ1n) is 6.15. The second-order valence-corrected chi connectivity index (χ2v) is 4.60. The maximum absolute atomic E-state index is 9.76. The Hall–Kier alpha value is -1.81. The summed E-state index contributed by atoms with van der Waals surface area (Å²) in [5.74, 6) is 1.76. The molecule has 1 unspecified atom stereocenters. The number of fused-ring (bicyclic) bond motifs is 1. The zero-order chi connectivity index (χ0) is 12.5. The molecule has 0 bridgehead atoms. The van der Waals surface area contributed by atoms with E-state index in [1.807, 2.05) is 30.5 Å². The zero-order valence-electron chi connectivity index (χ0n) is 10.3. The van der Waals surface area contributed by atoms with Crippen molar-refractivity contribution in [2.24, 2.45) is 0 Å². The van der Waals surface area contributed by atoms with Gasteiger partial charge in [0.2, 0.25) is 0 Å². The Balaban J connectivity index is 1.98. The number of benzene rings is 1. The third-order valence-electron chi connectivity index (χ3n) is 3.41. The van der Waals surface area contributed by atoms with Crippen LogP contribution >= 0.6 is 0 Å². The van der Waals surface area contributed by atoms with Gasteiger partial charge in [-0.2, -0.15) is 0 Å². The Bertz CT molecular complexity index is 545. The van der Waals surface area contributed by atoms with E-state index >= 15 is 0 Å². The predicted octanol–water partition coefficient (Wildman–Crippen LogP) is 1.87. The lowest BCUT2D eigenvalue weighted by molar-refractivity contribution is 0.132. The molecule has 4 heteroatoms. The molecule has 4 nitrogen and oxygen atoms in total. The smallest absolute Gasteiger partial charge is 0.140 e. The SMILES string of the molecule is COc1ccc(-c2ncc3n2CC(O)CC3)cc1. The number of aliphatic hydroxyl groups is 1. The van der Waals surface area contributed by atoms with Gasteiger partial charge in [-0.05, 0) is 37.1 Å². The molecule has 1 aliphatic rings. The highest BCUT2D eigenvalue weighted by Gasteiger charge is 2.20. The lowest BCUT2D eigenvalue weighted by atomic mass is 10.1. The van der Waals surface area contributed by atoms with Crippen LogP contribution in [0.1, 0.15) is 12.1 Å². The predicted molar refractivity (Wildman–Crippen MR) is 68.5 cm³/mol. The minimum atomic E-state index is -0.260. The van der Waals surface area contributed by atoms with Crippen LogP contribution in [0.2, 0.25) is 0 Å². The Kier molecular flexibility index (Phi) is 2.80. The van der Waals surface area contributed by atoms with E-state index in [-0.39, 0.29) is 6.10 Å². The Labute approximate surface area is 106 Å². The van der Waals surface area contributed by atoms with Crippen LogP contribution in [0.25, 0.3) is 11.4 Å². The quantitative estimate of drug-likeness (QED) is 0.877. The van der Waals surface area contributed by atoms with Gasteiger partial charge in [-0.25, -0.2) is 4.98 Å². The van der Waals surface area contributed by atoms with E-state index in [1.165, 1.54) is 5.69 Å². The molecule has 1 atom stereocenters.